The van der Waals surface area contributed by atoms with Gasteiger partial charge in [-0.2, -0.15) is 5.10 Å². The molecule has 7 heteroatoms. The molecule has 1 saturated heterocycles. The fourth-order valence-electron chi connectivity index (χ4n) is 4.63. The number of aromatic nitrogens is 4. The summed E-state index contributed by atoms with van der Waals surface area (Å²) in [7, 11) is 0. The molecule has 0 saturated carbocycles. The Morgan fingerprint density at radius 2 is 1.79 bits per heavy atom. The van der Waals surface area contributed by atoms with Crippen molar-refractivity contribution in [3.8, 4) is 22.5 Å². The molecular weight excluding hydrogens is 424 g/mol. The van der Waals surface area contributed by atoms with Crippen molar-refractivity contribution in [3.63, 3.8) is 0 Å². The van der Waals surface area contributed by atoms with E-state index in [1.54, 1.807) is 6.20 Å². The lowest BCUT2D eigenvalue weighted by Gasteiger charge is -2.30. The fraction of sp³-hybridized carbons (Fsp3) is 0.185. The second-order valence-electron chi connectivity index (χ2n) is 8.80. The van der Waals surface area contributed by atoms with Crippen LogP contribution in [0.25, 0.3) is 38.9 Å². The van der Waals surface area contributed by atoms with Gasteiger partial charge in [-0.1, -0.05) is 24.3 Å². The molecule has 6 rings (SSSR count). The molecule has 1 aliphatic rings. The number of pyridine rings is 1. The average Bonchev–Trinajstić information content (AvgIpc) is 3.31. The highest BCUT2D eigenvalue weighted by Crippen LogP contribution is 2.26. The molecule has 5 aromatic rings. The first-order valence-corrected chi connectivity index (χ1v) is 11.5. The van der Waals surface area contributed by atoms with Gasteiger partial charge in [-0.3, -0.25) is 9.78 Å². The minimum Gasteiger partial charge on any atom is -0.337 e. The summed E-state index contributed by atoms with van der Waals surface area (Å²) in [6.45, 7) is 1.38. The van der Waals surface area contributed by atoms with Gasteiger partial charge < -0.3 is 10.6 Å². The van der Waals surface area contributed by atoms with E-state index >= 15 is 0 Å². The lowest BCUT2D eigenvalue weighted by molar-refractivity contribution is 0.0709. The Balaban J connectivity index is 1.32. The molecule has 0 unspecified atom stereocenters. The molecule has 168 valence electrons. The smallest absolute Gasteiger partial charge is 0.253 e. The molecule has 1 atom stereocenters. The number of nitrogens with two attached hydrogens (primary N) is 1. The summed E-state index contributed by atoms with van der Waals surface area (Å²) in [6, 6.07) is 19.9. The van der Waals surface area contributed by atoms with E-state index < -0.39 is 0 Å². The van der Waals surface area contributed by atoms with E-state index in [1.807, 2.05) is 64.3 Å². The summed E-state index contributed by atoms with van der Waals surface area (Å²) in [5.41, 5.74) is 11.2. The van der Waals surface area contributed by atoms with Gasteiger partial charge in [0.1, 0.15) is 0 Å². The van der Waals surface area contributed by atoms with Gasteiger partial charge in [0.15, 0.2) is 5.65 Å². The lowest BCUT2D eigenvalue weighted by atomic mass is 10.0. The van der Waals surface area contributed by atoms with E-state index in [4.69, 9.17) is 10.8 Å². The maximum absolute atomic E-state index is 12.9. The monoisotopic (exact) mass is 448 g/mol. The number of carbonyl (C=O) groups is 1. The SMILES string of the molecule is N[C@H]1CCCN(C(=O)c2ccc(-c3ccc4ncc(-c5ccc6cnccc6c5)n4n3)cc2)C1. The van der Waals surface area contributed by atoms with Crippen molar-refractivity contribution < 1.29 is 4.79 Å². The van der Waals surface area contributed by atoms with Crippen LogP contribution in [0.4, 0.5) is 0 Å². The highest BCUT2D eigenvalue weighted by molar-refractivity contribution is 5.94. The van der Waals surface area contributed by atoms with E-state index in [0.717, 1.165) is 58.3 Å². The van der Waals surface area contributed by atoms with Crippen molar-refractivity contribution in [3.05, 3.63) is 84.8 Å². The molecule has 1 aliphatic heterocycles. The van der Waals surface area contributed by atoms with Crippen LogP contribution in [-0.4, -0.2) is 49.5 Å². The van der Waals surface area contributed by atoms with Crippen LogP contribution in [0.2, 0.25) is 0 Å². The normalized spacial score (nSPS) is 16.3. The Kier molecular flexibility index (Phi) is 5.04. The second-order valence-corrected chi connectivity index (χ2v) is 8.80. The maximum atomic E-state index is 12.9. The van der Waals surface area contributed by atoms with Crippen molar-refractivity contribution in [1.29, 1.82) is 0 Å². The molecular formula is C27H24N6O. The molecule has 3 aromatic heterocycles. The van der Waals surface area contributed by atoms with Gasteiger partial charge in [0.2, 0.25) is 0 Å². The van der Waals surface area contributed by atoms with Crippen molar-refractivity contribution in [1.82, 2.24) is 24.5 Å². The zero-order valence-electron chi connectivity index (χ0n) is 18.6. The second kappa shape index (κ2) is 8.35. The van der Waals surface area contributed by atoms with Crippen LogP contribution in [0.1, 0.15) is 23.2 Å². The summed E-state index contributed by atoms with van der Waals surface area (Å²) in [5.74, 6) is 0.0357. The maximum Gasteiger partial charge on any atom is 0.253 e. The number of carbonyl (C=O) groups excluding carboxylic acids is 1. The number of imidazole rings is 1. The van der Waals surface area contributed by atoms with Crippen molar-refractivity contribution in [2.45, 2.75) is 18.9 Å². The molecule has 0 bridgehead atoms. The average molecular weight is 449 g/mol. The van der Waals surface area contributed by atoms with Crippen molar-refractivity contribution >= 4 is 22.3 Å². The number of nitrogens with zero attached hydrogens (tertiary/aromatic N) is 5. The van der Waals surface area contributed by atoms with E-state index in [2.05, 4.69) is 28.2 Å². The molecule has 4 heterocycles. The van der Waals surface area contributed by atoms with Crippen LogP contribution in [0.15, 0.2) is 79.3 Å². The number of fused-ring (bicyclic) bond motifs is 2. The van der Waals surface area contributed by atoms with E-state index in [-0.39, 0.29) is 11.9 Å². The predicted octanol–water partition coefficient (Wildman–Crippen LogP) is 4.17. The molecule has 2 aromatic carbocycles. The minimum atomic E-state index is 0.0357. The van der Waals surface area contributed by atoms with Crippen LogP contribution in [-0.2, 0) is 0 Å². The summed E-state index contributed by atoms with van der Waals surface area (Å²) >= 11 is 0. The first kappa shape index (κ1) is 20.5. The van der Waals surface area contributed by atoms with Crippen LogP contribution < -0.4 is 5.73 Å². The molecule has 7 nitrogen and oxygen atoms in total. The predicted molar refractivity (Wildman–Crippen MR) is 132 cm³/mol. The number of piperidine rings is 1. The van der Waals surface area contributed by atoms with Gasteiger partial charge in [-0.25, -0.2) is 9.50 Å². The molecule has 0 radical (unpaired) electrons. The van der Waals surface area contributed by atoms with Crippen molar-refractivity contribution in [2.75, 3.05) is 13.1 Å². The first-order chi connectivity index (χ1) is 16.7. The Morgan fingerprint density at radius 3 is 2.65 bits per heavy atom. The third-order valence-electron chi connectivity index (χ3n) is 6.47. The summed E-state index contributed by atoms with van der Waals surface area (Å²) in [6.07, 6.45) is 7.43. The molecule has 2 N–H and O–H groups in total. The molecule has 0 spiro atoms. The van der Waals surface area contributed by atoms with Crippen LogP contribution in [0.5, 0.6) is 0 Å². The van der Waals surface area contributed by atoms with Gasteiger partial charge in [0.25, 0.3) is 5.91 Å². The third kappa shape index (κ3) is 3.70. The third-order valence-corrected chi connectivity index (χ3v) is 6.47. The largest absolute Gasteiger partial charge is 0.337 e. The van der Waals surface area contributed by atoms with E-state index in [1.165, 1.54) is 0 Å². The van der Waals surface area contributed by atoms with Gasteiger partial charge in [-0.15, -0.1) is 0 Å². The van der Waals surface area contributed by atoms with E-state index in [0.29, 0.717) is 12.1 Å². The van der Waals surface area contributed by atoms with Crippen LogP contribution in [0, 0.1) is 0 Å². The molecule has 1 amide bonds. The fourth-order valence-corrected chi connectivity index (χ4v) is 4.63. The Labute approximate surface area is 196 Å². The number of rotatable bonds is 3. The zero-order chi connectivity index (χ0) is 23.1. The Morgan fingerprint density at radius 1 is 0.941 bits per heavy atom. The summed E-state index contributed by atoms with van der Waals surface area (Å²) < 4.78 is 1.87. The number of benzene rings is 2. The van der Waals surface area contributed by atoms with Gasteiger partial charge >= 0.3 is 0 Å². The highest BCUT2D eigenvalue weighted by atomic mass is 16.2. The molecule has 0 aliphatic carbocycles. The number of hydrogen-bond acceptors (Lipinski definition) is 5. The quantitative estimate of drug-likeness (QED) is 0.447. The van der Waals surface area contributed by atoms with Crippen molar-refractivity contribution in [2.24, 2.45) is 5.73 Å². The Bertz CT molecular complexity index is 1510. The number of hydrogen-bond donors (Lipinski definition) is 1. The van der Waals surface area contributed by atoms with Gasteiger partial charge in [0, 0.05) is 53.6 Å². The lowest BCUT2D eigenvalue weighted by Crippen LogP contribution is -2.45. The number of likely N-dealkylation sites (tertiary alicyclic amines) is 1. The standard InChI is InChI=1S/C27H24N6O/c28-23-2-1-13-32(17-23)27(34)19-5-3-18(4-6-19)24-9-10-26-30-16-25(33(26)31-24)21-7-8-22-15-29-12-11-20(22)14-21/h3-12,14-16,23H,1-2,13,17,28H2/t23-/m0/s1. The van der Waals surface area contributed by atoms with Crippen LogP contribution >= 0.6 is 0 Å². The van der Waals surface area contributed by atoms with Crippen LogP contribution in [0.3, 0.4) is 0 Å². The van der Waals surface area contributed by atoms with E-state index in [9.17, 15) is 4.79 Å². The molecule has 1 fully saturated rings. The van der Waals surface area contributed by atoms with Gasteiger partial charge in [0.05, 0.1) is 17.6 Å². The summed E-state index contributed by atoms with van der Waals surface area (Å²) in [4.78, 5) is 23.4. The minimum absolute atomic E-state index is 0.0357. The zero-order valence-corrected chi connectivity index (χ0v) is 18.6. The number of amides is 1. The molecule has 34 heavy (non-hydrogen) atoms. The first-order valence-electron chi connectivity index (χ1n) is 11.5. The highest BCUT2D eigenvalue weighted by Gasteiger charge is 2.22. The summed E-state index contributed by atoms with van der Waals surface area (Å²) in [5, 5.41) is 7.08. The Hall–Kier alpha value is -4.10. The van der Waals surface area contributed by atoms with Gasteiger partial charge in [-0.05, 0) is 54.6 Å². The topological polar surface area (TPSA) is 89.4 Å².